The highest BCUT2D eigenvalue weighted by Crippen LogP contribution is 2.27. The minimum absolute atomic E-state index is 0.173. The molecule has 9 heteroatoms. The molecule has 0 aliphatic heterocycles. The number of aromatic nitrogens is 3. The van der Waals surface area contributed by atoms with Crippen LogP contribution in [0, 0.1) is 4.77 Å². The van der Waals surface area contributed by atoms with Crippen molar-refractivity contribution >= 4 is 29.7 Å². The van der Waals surface area contributed by atoms with Crippen LogP contribution in [0.2, 0.25) is 5.02 Å². The molecular formula is C18H17ClN4O3S. The molecule has 0 saturated carbocycles. The lowest BCUT2D eigenvalue weighted by Crippen LogP contribution is -2.24. The zero-order chi connectivity index (χ0) is 19.4. The van der Waals surface area contributed by atoms with Crippen LogP contribution in [0.15, 0.2) is 42.5 Å². The van der Waals surface area contributed by atoms with Crippen molar-refractivity contribution in [2.75, 3.05) is 14.2 Å². The molecular weight excluding hydrogens is 388 g/mol. The second kappa shape index (κ2) is 8.24. The molecule has 0 aliphatic rings. The maximum Gasteiger partial charge on any atom is 0.251 e. The van der Waals surface area contributed by atoms with Crippen molar-refractivity contribution < 1.29 is 14.3 Å². The van der Waals surface area contributed by atoms with Gasteiger partial charge in [-0.3, -0.25) is 14.5 Å². The van der Waals surface area contributed by atoms with Gasteiger partial charge in [-0.25, -0.2) is 0 Å². The molecule has 0 atom stereocenters. The Morgan fingerprint density at radius 2 is 2.00 bits per heavy atom. The van der Waals surface area contributed by atoms with E-state index in [1.807, 2.05) is 12.1 Å². The Kier molecular flexibility index (Phi) is 5.78. The molecule has 27 heavy (non-hydrogen) atoms. The van der Waals surface area contributed by atoms with Crippen molar-refractivity contribution in [2.45, 2.75) is 6.54 Å². The first-order chi connectivity index (χ1) is 13.0. The number of methoxy groups -OCH3 is 2. The largest absolute Gasteiger partial charge is 0.493 e. The van der Waals surface area contributed by atoms with Gasteiger partial charge < -0.3 is 14.8 Å². The summed E-state index contributed by atoms with van der Waals surface area (Å²) >= 11 is 11.3. The second-order valence-corrected chi connectivity index (χ2v) is 6.34. The predicted molar refractivity (Wildman–Crippen MR) is 104 cm³/mol. The molecule has 0 fully saturated rings. The Labute approximate surface area is 165 Å². The van der Waals surface area contributed by atoms with Gasteiger partial charge in [-0.2, -0.15) is 5.10 Å². The van der Waals surface area contributed by atoms with Gasteiger partial charge in [-0.1, -0.05) is 17.7 Å². The lowest BCUT2D eigenvalue weighted by Gasteiger charge is -2.11. The van der Waals surface area contributed by atoms with E-state index in [0.717, 1.165) is 5.69 Å². The molecule has 140 valence electrons. The predicted octanol–water partition coefficient (Wildman–Crippen LogP) is 3.53. The molecule has 1 heterocycles. The Morgan fingerprint density at radius 1 is 1.22 bits per heavy atom. The fourth-order valence-electron chi connectivity index (χ4n) is 2.57. The molecule has 0 aliphatic carbocycles. The first kappa shape index (κ1) is 18.9. The third-order valence-corrected chi connectivity index (χ3v) is 4.37. The van der Waals surface area contributed by atoms with Crippen molar-refractivity contribution in [2.24, 2.45) is 0 Å². The number of nitrogens with one attached hydrogen (secondary N) is 2. The summed E-state index contributed by atoms with van der Waals surface area (Å²) in [5, 5.41) is 10.3. The minimum atomic E-state index is -0.275. The van der Waals surface area contributed by atoms with Gasteiger partial charge in [0.1, 0.15) is 0 Å². The summed E-state index contributed by atoms with van der Waals surface area (Å²) in [6, 6.07) is 12.2. The van der Waals surface area contributed by atoms with Gasteiger partial charge in [0.2, 0.25) is 0 Å². The first-order valence-corrected chi connectivity index (χ1v) is 8.74. The third-order valence-electron chi connectivity index (χ3n) is 3.86. The third kappa shape index (κ3) is 4.12. The summed E-state index contributed by atoms with van der Waals surface area (Å²) in [4.78, 5) is 12.5. The van der Waals surface area contributed by atoms with Gasteiger partial charge in [0.05, 0.1) is 26.5 Å². The molecule has 0 unspecified atom stereocenters. The quantitative estimate of drug-likeness (QED) is 0.614. The zero-order valence-corrected chi connectivity index (χ0v) is 16.2. The van der Waals surface area contributed by atoms with Gasteiger partial charge in [-0.05, 0) is 48.6 Å². The highest BCUT2D eigenvalue weighted by Gasteiger charge is 2.13. The van der Waals surface area contributed by atoms with Crippen molar-refractivity contribution in [3.63, 3.8) is 0 Å². The molecule has 3 rings (SSSR count). The number of carbonyl (C=O) groups excluding carboxylic acids is 1. The Hall–Kier alpha value is -2.84. The number of aromatic amines is 1. The van der Waals surface area contributed by atoms with Gasteiger partial charge in [0.15, 0.2) is 22.1 Å². The van der Waals surface area contributed by atoms with Crippen molar-refractivity contribution in [1.82, 2.24) is 20.1 Å². The number of hydrogen-bond donors (Lipinski definition) is 2. The smallest absolute Gasteiger partial charge is 0.251 e. The highest BCUT2D eigenvalue weighted by atomic mass is 35.5. The summed E-state index contributed by atoms with van der Waals surface area (Å²) in [5.41, 5.74) is 1.20. The summed E-state index contributed by atoms with van der Waals surface area (Å²) in [5.74, 6) is 1.31. The number of H-pyrrole nitrogens is 1. The number of carbonyl (C=O) groups is 1. The highest BCUT2D eigenvalue weighted by molar-refractivity contribution is 7.71. The molecule has 0 saturated heterocycles. The zero-order valence-electron chi connectivity index (χ0n) is 14.7. The van der Waals surface area contributed by atoms with Crippen LogP contribution in [-0.4, -0.2) is 34.9 Å². The van der Waals surface area contributed by atoms with E-state index in [9.17, 15) is 4.79 Å². The van der Waals surface area contributed by atoms with Crippen LogP contribution in [0.3, 0.4) is 0 Å². The molecule has 2 aromatic carbocycles. The maximum atomic E-state index is 12.5. The van der Waals surface area contributed by atoms with Crippen LogP contribution in [0.25, 0.3) is 5.69 Å². The lowest BCUT2D eigenvalue weighted by molar-refractivity contribution is 0.0949. The fourth-order valence-corrected chi connectivity index (χ4v) is 3.01. The lowest BCUT2D eigenvalue weighted by atomic mass is 10.2. The van der Waals surface area contributed by atoms with E-state index < -0.39 is 0 Å². The molecule has 1 aromatic heterocycles. The number of nitrogens with zero attached hydrogens (tertiary/aromatic N) is 2. The van der Waals surface area contributed by atoms with Crippen LogP contribution < -0.4 is 14.8 Å². The summed E-state index contributed by atoms with van der Waals surface area (Å²) in [6.45, 7) is 0.173. The standard InChI is InChI=1S/C18H17ClN4O3S/c1-25-14-7-6-11(8-15(14)26-2)17(24)20-10-16-21-22-18(27)23(16)13-5-3-4-12(19)9-13/h3-9H,10H2,1-2H3,(H,20,24)(H,22,27). The number of halogens is 1. The molecule has 2 N–H and O–H groups in total. The summed E-state index contributed by atoms with van der Waals surface area (Å²) in [6.07, 6.45) is 0. The van der Waals surface area contributed by atoms with E-state index >= 15 is 0 Å². The van der Waals surface area contributed by atoms with Crippen molar-refractivity contribution in [3.05, 3.63) is 63.6 Å². The molecule has 1 amide bonds. The monoisotopic (exact) mass is 404 g/mol. The van der Waals surface area contributed by atoms with E-state index in [4.69, 9.17) is 33.3 Å². The first-order valence-electron chi connectivity index (χ1n) is 7.96. The van der Waals surface area contributed by atoms with Crippen LogP contribution >= 0.6 is 23.8 Å². The van der Waals surface area contributed by atoms with E-state index in [0.29, 0.717) is 32.7 Å². The van der Waals surface area contributed by atoms with Crippen LogP contribution in [0.1, 0.15) is 16.2 Å². The molecule has 7 nitrogen and oxygen atoms in total. The number of amides is 1. The molecule has 3 aromatic rings. The second-order valence-electron chi connectivity index (χ2n) is 5.51. The number of hydrogen-bond acceptors (Lipinski definition) is 5. The van der Waals surface area contributed by atoms with Gasteiger partial charge in [0.25, 0.3) is 5.91 Å². The number of ether oxygens (including phenoxy) is 2. The van der Waals surface area contributed by atoms with E-state index in [-0.39, 0.29) is 12.5 Å². The van der Waals surface area contributed by atoms with E-state index in [1.165, 1.54) is 14.2 Å². The molecule has 0 radical (unpaired) electrons. The van der Waals surface area contributed by atoms with Gasteiger partial charge in [0, 0.05) is 10.6 Å². The van der Waals surface area contributed by atoms with E-state index in [2.05, 4.69) is 15.5 Å². The van der Waals surface area contributed by atoms with Crippen molar-refractivity contribution in [1.29, 1.82) is 0 Å². The summed E-state index contributed by atoms with van der Waals surface area (Å²) < 4.78 is 12.5. The fraction of sp³-hybridized carbons (Fsp3) is 0.167. The SMILES string of the molecule is COc1ccc(C(=O)NCc2n[nH]c(=S)n2-c2cccc(Cl)c2)cc1OC. The molecule has 0 bridgehead atoms. The average molecular weight is 405 g/mol. The van der Waals surface area contributed by atoms with Crippen molar-refractivity contribution in [3.8, 4) is 17.2 Å². The Bertz CT molecular complexity index is 1030. The van der Waals surface area contributed by atoms with Crippen LogP contribution in [0.5, 0.6) is 11.5 Å². The number of benzene rings is 2. The van der Waals surface area contributed by atoms with Crippen LogP contribution in [0.4, 0.5) is 0 Å². The normalized spacial score (nSPS) is 10.5. The minimum Gasteiger partial charge on any atom is -0.493 e. The topological polar surface area (TPSA) is 81.2 Å². The molecule has 0 spiro atoms. The average Bonchev–Trinajstić information content (AvgIpc) is 3.05. The van der Waals surface area contributed by atoms with E-state index in [1.54, 1.807) is 34.9 Å². The number of rotatable bonds is 6. The Morgan fingerprint density at radius 3 is 2.70 bits per heavy atom. The van der Waals surface area contributed by atoms with Gasteiger partial charge in [-0.15, -0.1) is 0 Å². The maximum absolute atomic E-state index is 12.5. The summed E-state index contributed by atoms with van der Waals surface area (Å²) in [7, 11) is 3.05. The van der Waals surface area contributed by atoms with Gasteiger partial charge >= 0.3 is 0 Å². The Balaban J connectivity index is 1.80. The van der Waals surface area contributed by atoms with Crippen LogP contribution in [-0.2, 0) is 6.54 Å².